The first-order chi connectivity index (χ1) is 26.6. The van der Waals surface area contributed by atoms with Gasteiger partial charge in [0.15, 0.2) is 6.10 Å². The molecule has 0 aromatic heterocycles. The summed E-state index contributed by atoms with van der Waals surface area (Å²) in [4.78, 5) is 25.2. The Balaban J connectivity index is 4.15. The number of carbonyl (C=O) groups is 2. The number of hydrogen-bond donors (Lipinski definition) is 0. The lowest BCUT2D eigenvalue weighted by Crippen LogP contribution is -2.30. The minimum Gasteiger partial charge on any atom is -0.462 e. The van der Waals surface area contributed by atoms with Gasteiger partial charge in [0, 0.05) is 19.4 Å². The van der Waals surface area contributed by atoms with E-state index in [0.717, 1.165) is 51.4 Å². The van der Waals surface area contributed by atoms with Crippen molar-refractivity contribution in [3.05, 3.63) is 24.3 Å². The maximum absolute atomic E-state index is 12.7. The zero-order valence-corrected chi connectivity index (χ0v) is 36.5. The second-order valence-electron chi connectivity index (χ2n) is 16.0. The van der Waals surface area contributed by atoms with Crippen LogP contribution in [0.25, 0.3) is 0 Å². The van der Waals surface area contributed by atoms with Crippen LogP contribution in [-0.2, 0) is 23.8 Å². The number of allylic oxidation sites excluding steroid dienone is 4. The van der Waals surface area contributed by atoms with Crippen molar-refractivity contribution in [2.75, 3.05) is 19.8 Å². The standard InChI is InChI=1S/C49H92O5/c1-4-7-10-13-16-19-21-23-24-25-26-28-29-31-33-36-39-42-48(50)53-46-47(45-52-44-41-38-35-18-15-12-9-6-3)54-49(51)43-40-37-34-32-30-27-22-20-17-14-11-8-5-2/h20,22-24,47H,4-19,21,25-46H2,1-3H3/b22-20-,24-23-. The first-order valence-corrected chi connectivity index (χ1v) is 23.9. The van der Waals surface area contributed by atoms with Crippen molar-refractivity contribution in [1.82, 2.24) is 0 Å². The van der Waals surface area contributed by atoms with Crippen molar-refractivity contribution >= 4 is 11.9 Å². The molecule has 0 aromatic carbocycles. The van der Waals surface area contributed by atoms with Crippen LogP contribution < -0.4 is 0 Å². The van der Waals surface area contributed by atoms with E-state index in [0.29, 0.717) is 19.4 Å². The lowest BCUT2D eigenvalue weighted by Gasteiger charge is -2.18. The molecule has 0 bridgehead atoms. The third-order valence-corrected chi connectivity index (χ3v) is 10.5. The van der Waals surface area contributed by atoms with Gasteiger partial charge in [0.1, 0.15) is 6.61 Å². The van der Waals surface area contributed by atoms with Gasteiger partial charge in [-0.1, -0.05) is 193 Å². The Bertz CT molecular complexity index is 821. The second-order valence-corrected chi connectivity index (χ2v) is 16.0. The minimum atomic E-state index is -0.533. The van der Waals surface area contributed by atoms with Gasteiger partial charge in [-0.05, 0) is 70.6 Å². The monoisotopic (exact) mass is 761 g/mol. The molecule has 0 fully saturated rings. The summed E-state index contributed by atoms with van der Waals surface area (Å²) >= 11 is 0. The number of carbonyl (C=O) groups excluding carboxylic acids is 2. The van der Waals surface area contributed by atoms with Gasteiger partial charge in [0.05, 0.1) is 6.61 Å². The Morgan fingerprint density at radius 3 is 1.15 bits per heavy atom. The summed E-state index contributed by atoms with van der Waals surface area (Å²) in [6.07, 6.45) is 51.8. The number of ether oxygens (including phenoxy) is 3. The largest absolute Gasteiger partial charge is 0.462 e. The van der Waals surface area contributed by atoms with Crippen LogP contribution in [0.2, 0.25) is 0 Å². The van der Waals surface area contributed by atoms with Crippen molar-refractivity contribution in [2.24, 2.45) is 0 Å². The average molecular weight is 761 g/mol. The first kappa shape index (κ1) is 52.4. The summed E-state index contributed by atoms with van der Waals surface area (Å²) < 4.78 is 17.3. The summed E-state index contributed by atoms with van der Waals surface area (Å²) in [6, 6.07) is 0. The fourth-order valence-electron chi connectivity index (χ4n) is 6.85. The molecule has 0 saturated heterocycles. The number of unbranched alkanes of at least 4 members (excludes halogenated alkanes) is 29. The molecule has 0 radical (unpaired) electrons. The van der Waals surface area contributed by atoms with Crippen LogP contribution in [0.3, 0.4) is 0 Å². The Kier molecular flexibility index (Phi) is 44.4. The molecule has 0 amide bonds. The highest BCUT2D eigenvalue weighted by Crippen LogP contribution is 2.14. The topological polar surface area (TPSA) is 61.8 Å². The average Bonchev–Trinajstić information content (AvgIpc) is 3.17. The Labute approximate surface area is 337 Å². The van der Waals surface area contributed by atoms with Gasteiger partial charge in [-0.2, -0.15) is 0 Å². The molecule has 0 rings (SSSR count). The van der Waals surface area contributed by atoms with Gasteiger partial charge in [-0.25, -0.2) is 0 Å². The smallest absolute Gasteiger partial charge is 0.306 e. The molecule has 5 nitrogen and oxygen atoms in total. The van der Waals surface area contributed by atoms with Crippen molar-refractivity contribution in [1.29, 1.82) is 0 Å². The van der Waals surface area contributed by atoms with E-state index < -0.39 is 6.10 Å². The van der Waals surface area contributed by atoms with Gasteiger partial charge in [-0.15, -0.1) is 0 Å². The van der Waals surface area contributed by atoms with Crippen molar-refractivity contribution in [2.45, 2.75) is 258 Å². The SMILES string of the molecule is CCCCCC/C=C\CCCCCCCC(=O)OC(COCCCCCCCCCC)COC(=O)CCCCCCCCC/C=C\CCCCCCCC. The molecule has 0 heterocycles. The molecular weight excluding hydrogens is 669 g/mol. The van der Waals surface area contributed by atoms with E-state index in [1.54, 1.807) is 0 Å². The van der Waals surface area contributed by atoms with Gasteiger partial charge in [0.2, 0.25) is 0 Å². The van der Waals surface area contributed by atoms with Crippen LogP contribution in [0.4, 0.5) is 0 Å². The van der Waals surface area contributed by atoms with Crippen LogP contribution >= 0.6 is 0 Å². The molecule has 1 unspecified atom stereocenters. The molecule has 318 valence electrons. The summed E-state index contributed by atoms with van der Waals surface area (Å²) in [5.41, 5.74) is 0. The van der Waals surface area contributed by atoms with E-state index in [1.165, 1.54) is 167 Å². The summed E-state index contributed by atoms with van der Waals surface area (Å²) in [5, 5.41) is 0. The van der Waals surface area contributed by atoms with Crippen molar-refractivity contribution < 1.29 is 23.8 Å². The minimum absolute atomic E-state index is 0.0848. The maximum atomic E-state index is 12.7. The fourth-order valence-corrected chi connectivity index (χ4v) is 6.85. The van der Waals surface area contributed by atoms with Crippen LogP contribution in [0, 0.1) is 0 Å². The summed E-state index contributed by atoms with van der Waals surface area (Å²) in [5.74, 6) is -0.403. The Morgan fingerprint density at radius 2 is 0.722 bits per heavy atom. The molecule has 0 saturated carbocycles. The first-order valence-electron chi connectivity index (χ1n) is 23.9. The predicted molar refractivity (Wildman–Crippen MR) is 233 cm³/mol. The predicted octanol–water partition coefficient (Wildman–Crippen LogP) is 15.7. The molecule has 0 aliphatic rings. The van der Waals surface area contributed by atoms with Crippen LogP contribution in [0.15, 0.2) is 24.3 Å². The number of hydrogen-bond acceptors (Lipinski definition) is 5. The molecule has 0 aliphatic carbocycles. The number of esters is 2. The zero-order chi connectivity index (χ0) is 39.3. The highest BCUT2D eigenvalue weighted by molar-refractivity contribution is 5.70. The lowest BCUT2D eigenvalue weighted by molar-refractivity contribution is -0.163. The molecule has 0 aliphatic heterocycles. The molecule has 0 N–H and O–H groups in total. The summed E-state index contributed by atoms with van der Waals surface area (Å²) in [6.45, 7) is 7.81. The van der Waals surface area contributed by atoms with E-state index in [1.807, 2.05) is 0 Å². The Hall–Kier alpha value is -1.62. The highest BCUT2D eigenvalue weighted by atomic mass is 16.6. The van der Waals surface area contributed by atoms with Gasteiger partial charge >= 0.3 is 11.9 Å². The zero-order valence-electron chi connectivity index (χ0n) is 36.5. The molecule has 54 heavy (non-hydrogen) atoms. The molecule has 5 heteroatoms. The van der Waals surface area contributed by atoms with E-state index in [2.05, 4.69) is 45.1 Å². The molecule has 0 spiro atoms. The molecule has 1 atom stereocenters. The fraction of sp³-hybridized carbons (Fsp3) is 0.878. The van der Waals surface area contributed by atoms with E-state index in [9.17, 15) is 9.59 Å². The second kappa shape index (κ2) is 45.8. The third kappa shape index (κ3) is 43.1. The number of rotatable bonds is 44. The van der Waals surface area contributed by atoms with E-state index in [-0.39, 0.29) is 25.2 Å². The third-order valence-electron chi connectivity index (χ3n) is 10.5. The molecular formula is C49H92O5. The molecule has 0 aromatic rings. The normalized spacial score (nSPS) is 12.3. The van der Waals surface area contributed by atoms with Gasteiger partial charge in [-0.3, -0.25) is 9.59 Å². The summed E-state index contributed by atoms with van der Waals surface area (Å²) in [7, 11) is 0. The quantitative estimate of drug-likeness (QED) is 0.0352. The highest BCUT2D eigenvalue weighted by Gasteiger charge is 2.17. The van der Waals surface area contributed by atoms with Crippen LogP contribution in [0.1, 0.15) is 252 Å². The van der Waals surface area contributed by atoms with E-state index >= 15 is 0 Å². The maximum Gasteiger partial charge on any atom is 0.306 e. The lowest BCUT2D eigenvalue weighted by atomic mass is 10.1. The van der Waals surface area contributed by atoms with Crippen molar-refractivity contribution in [3.8, 4) is 0 Å². The Morgan fingerprint density at radius 1 is 0.389 bits per heavy atom. The van der Waals surface area contributed by atoms with Crippen LogP contribution in [0.5, 0.6) is 0 Å². The van der Waals surface area contributed by atoms with Crippen LogP contribution in [-0.4, -0.2) is 37.9 Å². The van der Waals surface area contributed by atoms with Gasteiger partial charge in [0.25, 0.3) is 0 Å². The van der Waals surface area contributed by atoms with Gasteiger partial charge < -0.3 is 14.2 Å². The van der Waals surface area contributed by atoms with E-state index in [4.69, 9.17) is 14.2 Å². The van der Waals surface area contributed by atoms with Crippen molar-refractivity contribution in [3.63, 3.8) is 0 Å².